The van der Waals surface area contributed by atoms with Crippen molar-refractivity contribution in [1.82, 2.24) is 0 Å². The highest BCUT2D eigenvalue weighted by Gasteiger charge is 2.73. The molecule has 0 aromatic heterocycles. The average molecular weight is 394 g/mol. The Morgan fingerprint density at radius 1 is 0.741 bits per heavy atom. The van der Waals surface area contributed by atoms with E-state index in [0.29, 0.717) is 6.07 Å². The average Bonchev–Trinajstić information content (AvgIpc) is 2.52. The molecule has 0 saturated heterocycles. The van der Waals surface area contributed by atoms with Gasteiger partial charge in [-0.2, -0.15) is 26.3 Å². The first-order chi connectivity index (χ1) is 12.1. The van der Waals surface area contributed by atoms with Crippen LogP contribution >= 0.6 is 0 Å². The highest BCUT2D eigenvalue weighted by Crippen LogP contribution is 2.55. The summed E-state index contributed by atoms with van der Waals surface area (Å²) in [5.74, 6) is -1.48. The van der Waals surface area contributed by atoms with Crippen molar-refractivity contribution in [2.45, 2.75) is 37.2 Å². The van der Waals surface area contributed by atoms with E-state index in [1.54, 1.807) is 0 Å². The van der Waals surface area contributed by atoms with Crippen molar-refractivity contribution in [1.29, 1.82) is 0 Å². The van der Waals surface area contributed by atoms with Gasteiger partial charge < -0.3 is 15.3 Å². The Hall–Kier alpha value is -2.42. The van der Waals surface area contributed by atoms with Crippen LogP contribution in [-0.2, 0) is 11.0 Å². The quantitative estimate of drug-likeness (QED) is 0.660. The molecule has 9 heteroatoms. The molecule has 0 aliphatic heterocycles. The first kappa shape index (κ1) is 20.9. The van der Waals surface area contributed by atoms with Crippen molar-refractivity contribution in [3.8, 4) is 11.5 Å². The van der Waals surface area contributed by atoms with Crippen LogP contribution in [0.5, 0.6) is 11.5 Å². The van der Waals surface area contributed by atoms with Crippen LogP contribution < -0.4 is 0 Å². The van der Waals surface area contributed by atoms with E-state index in [9.17, 15) is 41.7 Å². The molecule has 3 nitrogen and oxygen atoms in total. The Kier molecular flexibility index (Phi) is 4.90. The Morgan fingerprint density at radius 3 is 1.67 bits per heavy atom. The number of aromatic hydroxyl groups is 2. The summed E-state index contributed by atoms with van der Waals surface area (Å²) in [7, 11) is 0. The van der Waals surface area contributed by atoms with Gasteiger partial charge in [-0.15, -0.1) is 0 Å². The number of alkyl halides is 6. The van der Waals surface area contributed by atoms with E-state index in [4.69, 9.17) is 0 Å². The lowest BCUT2D eigenvalue weighted by Gasteiger charge is -2.38. The minimum absolute atomic E-state index is 0.146. The Balaban J connectivity index is 2.86. The van der Waals surface area contributed by atoms with Gasteiger partial charge in [-0.25, -0.2) is 0 Å². The molecule has 2 rings (SSSR count). The first-order valence-electron chi connectivity index (χ1n) is 7.62. The molecule has 0 amide bonds. The van der Waals surface area contributed by atoms with E-state index in [1.807, 2.05) is 0 Å². The number of phenols is 2. The lowest BCUT2D eigenvalue weighted by Crippen LogP contribution is -2.55. The third-order valence-electron chi connectivity index (χ3n) is 4.49. The van der Waals surface area contributed by atoms with Gasteiger partial charge in [-0.3, -0.25) is 0 Å². The van der Waals surface area contributed by atoms with Crippen LogP contribution in [0.1, 0.15) is 30.5 Å². The van der Waals surface area contributed by atoms with Gasteiger partial charge in [-0.1, -0.05) is 38.1 Å². The number of phenolic OH excluding ortho intramolecular Hbond substituents is 2. The van der Waals surface area contributed by atoms with Crippen LogP contribution in [0.2, 0.25) is 0 Å². The number of hydrogen-bond acceptors (Lipinski definition) is 3. The minimum atomic E-state index is -6.14. The van der Waals surface area contributed by atoms with Crippen LogP contribution in [0.25, 0.3) is 0 Å². The summed E-state index contributed by atoms with van der Waals surface area (Å²) in [6.45, 7) is 2.68. The molecule has 0 radical (unpaired) electrons. The van der Waals surface area contributed by atoms with Gasteiger partial charge in [0, 0.05) is 11.0 Å². The van der Waals surface area contributed by atoms with Crippen LogP contribution in [0.15, 0.2) is 42.5 Å². The molecule has 0 bridgehead atoms. The lowest BCUT2D eigenvalue weighted by molar-refractivity contribution is -0.376. The molecule has 0 spiro atoms. The summed E-state index contributed by atoms with van der Waals surface area (Å²) in [6.07, 6.45) is -12.3. The fraction of sp³-hybridized carbons (Fsp3) is 0.333. The van der Waals surface area contributed by atoms with Gasteiger partial charge in [0.2, 0.25) is 0 Å². The molecule has 0 aliphatic carbocycles. The van der Waals surface area contributed by atoms with Gasteiger partial charge in [-0.05, 0) is 29.3 Å². The predicted molar refractivity (Wildman–Crippen MR) is 84.3 cm³/mol. The van der Waals surface area contributed by atoms with E-state index in [2.05, 4.69) is 0 Å². The third kappa shape index (κ3) is 3.31. The number of halogens is 6. The molecule has 0 atom stereocenters. The largest absolute Gasteiger partial charge is 0.508 e. The van der Waals surface area contributed by atoms with Gasteiger partial charge in [0.05, 0.1) is 0 Å². The summed E-state index contributed by atoms with van der Waals surface area (Å²) in [6, 6.07) is 7.80. The summed E-state index contributed by atoms with van der Waals surface area (Å²) < 4.78 is 80.3. The Morgan fingerprint density at radius 2 is 1.22 bits per heavy atom. The molecule has 0 unspecified atom stereocenters. The van der Waals surface area contributed by atoms with Gasteiger partial charge in [0.25, 0.3) is 5.60 Å². The standard InChI is InChI=1S/C18H16F6O3/c1-15(2,10-6-8-11(25)9-7-10)12-4-3-5-13(26)14(12)16(27,17(19,20)21)18(22,23)24/h3-9,25-27H,1-2H3. The summed E-state index contributed by atoms with van der Waals surface area (Å²) >= 11 is 0. The van der Waals surface area contributed by atoms with E-state index < -0.39 is 40.2 Å². The molecule has 0 saturated carbocycles. The zero-order chi connectivity index (χ0) is 20.8. The number of benzene rings is 2. The van der Waals surface area contributed by atoms with E-state index in [0.717, 1.165) is 12.1 Å². The summed E-state index contributed by atoms with van der Waals surface area (Å²) in [5.41, 5.74) is -8.73. The van der Waals surface area contributed by atoms with Crippen molar-refractivity contribution in [2.24, 2.45) is 0 Å². The Labute approximate surface area is 150 Å². The maximum absolute atomic E-state index is 13.4. The van der Waals surface area contributed by atoms with Crippen molar-refractivity contribution in [2.75, 3.05) is 0 Å². The topological polar surface area (TPSA) is 60.7 Å². The molecular weight excluding hydrogens is 378 g/mol. The van der Waals surface area contributed by atoms with E-state index in [-0.39, 0.29) is 11.3 Å². The number of rotatable bonds is 3. The van der Waals surface area contributed by atoms with Crippen molar-refractivity contribution >= 4 is 0 Å². The monoisotopic (exact) mass is 394 g/mol. The smallest absolute Gasteiger partial charge is 0.430 e. The zero-order valence-electron chi connectivity index (χ0n) is 14.2. The Bertz CT molecular complexity index is 808. The van der Waals surface area contributed by atoms with Crippen LogP contribution in [0.4, 0.5) is 26.3 Å². The molecule has 3 N–H and O–H groups in total. The molecule has 148 valence electrons. The fourth-order valence-electron chi connectivity index (χ4n) is 2.92. The predicted octanol–water partition coefficient (Wildman–Crippen LogP) is 4.74. The summed E-state index contributed by atoms with van der Waals surface area (Å²) in [4.78, 5) is 0. The maximum atomic E-state index is 13.4. The van der Waals surface area contributed by atoms with Crippen molar-refractivity contribution in [3.05, 3.63) is 59.2 Å². The number of hydrogen-bond donors (Lipinski definition) is 3. The normalized spacial score (nSPS) is 13.7. The van der Waals surface area contributed by atoms with Gasteiger partial charge in [0.1, 0.15) is 11.5 Å². The summed E-state index contributed by atoms with van der Waals surface area (Å²) in [5, 5.41) is 29.1. The molecule has 0 heterocycles. The van der Waals surface area contributed by atoms with Crippen molar-refractivity contribution < 1.29 is 41.7 Å². The van der Waals surface area contributed by atoms with E-state index in [1.165, 1.54) is 38.1 Å². The molecular formula is C18H16F6O3. The van der Waals surface area contributed by atoms with E-state index >= 15 is 0 Å². The lowest BCUT2D eigenvalue weighted by atomic mass is 9.72. The minimum Gasteiger partial charge on any atom is -0.508 e. The zero-order valence-corrected chi connectivity index (χ0v) is 14.2. The van der Waals surface area contributed by atoms with Crippen LogP contribution in [-0.4, -0.2) is 27.7 Å². The maximum Gasteiger partial charge on any atom is 0.430 e. The second-order valence-electron chi connectivity index (χ2n) is 6.58. The highest BCUT2D eigenvalue weighted by molar-refractivity contribution is 5.52. The SMILES string of the molecule is CC(C)(c1ccc(O)cc1)c1cccc(O)c1C(O)(C(F)(F)F)C(F)(F)F. The van der Waals surface area contributed by atoms with Gasteiger partial charge in [0.15, 0.2) is 0 Å². The van der Waals surface area contributed by atoms with Gasteiger partial charge >= 0.3 is 12.4 Å². The first-order valence-corrected chi connectivity index (χ1v) is 7.62. The molecule has 0 fully saturated rings. The number of aliphatic hydroxyl groups is 1. The molecule has 2 aromatic rings. The fourth-order valence-corrected chi connectivity index (χ4v) is 2.92. The third-order valence-corrected chi connectivity index (χ3v) is 4.49. The van der Waals surface area contributed by atoms with Crippen LogP contribution in [0, 0.1) is 0 Å². The van der Waals surface area contributed by atoms with Crippen LogP contribution in [0.3, 0.4) is 0 Å². The highest BCUT2D eigenvalue weighted by atomic mass is 19.4. The second kappa shape index (κ2) is 6.33. The van der Waals surface area contributed by atoms with Crippen molar-refractivity contribution in [3.63, 3.8) is 0 Å². The molecule has 0 aliphatic rings. The molecule has 2 aromatic carbocycles. The second-order valence-corrected chi connectivity index (χ2v) is 6.58. The molecule has 27 heavy (non-hydrogen) atoms.